The van der Waals surface area contributed by atoms with E-state index in [4.69, 9.17) is 4.74 Å². The van der Waals surface area contributed by atoms with Gasteiger partial charge in [-0.05, 0) is 42.6 Å². The summed E-state index contributed by atoms with van der Waals surface area (Å²) in [5.41, 5.74) is 0.457. The topological polar surface area (TPSA) is 75.3 Å². The highest BCUT2D eigenvalue weighted by molar-refractivity contribution is 9.10. The zero-order valence-corrected chi connectivity index (χ0v) is 16.1. The van der Waals surface area contributed by atoms with Gasteiger partial charge in [-0.15, -0.1) is 11.3 Å². The lowest BCUT2D eigenvalue weighted by Crippen LogP contribution is -2.38. The predicted octanol–water partition coefficient (Wildman–Crippen LogP) is 3.17. The number of carbonyl (C=O) groups excluding carboxylic acids is 1. The molecule has 0 aliphatic heterocycles. The van der Waals surface area contributed by atoms with Crippen molar-refractivity contribution in [3.8, 4) is 5.75 Å². The molecule has 1 amide bonds. The number of H-pyrrole nitrogens is 1. The maximum atomic E-state index is 12.5. The summed E-state index contributed by atoms with van der Waals surface area (Å²) < 4.78 is 7.20. The van der Waals surface area contributed by atoms with Gasteiger partial charge in [0, 0.05) is 11.5 Å². The Labute approximate surface area is 156 Å². The summed E-state index contributed by atoms with van der Waals surface area (Å²) in [6, 6.07) is 9.07. The number of benzene rings is 1. The molecule has 130 valence electrons. The molecule has 1 aromatic carbocycles. The van der Waals surface area contributed by atoms with Crippen molar-refractivity contribution in [3.05, 3.63) is 56.4 Å². The van der Waals surface area contributed by atoms with Crippen molar-refractivity contribution in [2.24, 2.45) is 0 Å². The van der Waals surface area contributed by atoms with Crippen LogP contribution in [0.3, 0.4) is 0 Å². The lowest BCUT2D eigenvalue weighted by molar-refractivity contribution is -0.137. The highest BCUT2D eigenvalue weighted by Crippen LogP contribution is 2.18. The lowest BCUT2D eigenvalue weighted by Gasteiger charge is -2.21. The van der Waals surface area contributed by atoms with E-state index in [2.05, 4.69) is 25.9 Å². The van der Waals surface area contributed by atoms with E-state index in [1.54, 1.807) is 32.2 Å². The highest BCUT2D eigenvalue weighted by Gasteiger charge is 2.20. The predicted molar refractivity (Wildman–Crippen MR) is 101 cm³/mol. The molecule has 0 fully saturated rings. The van der Waals surface area contributed by atoms with Gasteiger partial charge >= 0.3 is 0 Å². The van der Waals surface area contributed by atoms with Crippen LogP contribution in [0.15, 0.2) is 45.0 Å². The molecule has 25 heavy (non-hydrogen) atoms. The van der Waals surface area contributed by atoms with Crippen molar-refractivity contribution in [1.29, 1.82) is 0 Å². The first-order valence-corrected chi connectivity index (χ1v) is 9.25. The first-order valence-electron chi connectivity index (χ1n) is 7.57. The zero-order chi connectivity index (χ0) is 18.0. The van der Waals surface area contributed by atoms with Crippen molar-refractivity contribution in [2.45, 2.75) is 19.6 Å². The van der Waals surface area contributed by atoms with Crippen molar-refractivity contribution >= 4 is 43.4 Å². The Morgan fingerprint density at radius 3 is 2.80 bits per heavy atom. The van der Waals surface area contributed by atoms with E-state index in [9.17, 15) is 9.59 Å². The average Bonchev–Trinajstić information content (AvgIpc) is 3.05. The second-order valence-corrected chi connectivity index (χ2v) is 7.39. The number of fused-ring (bicyclic) bond motifs is 1. The van der Waals surface area contributed by atoms with Crippen LogP contribution in [0, 0.1) is 0 Å². The van der Waals surface area contributed by atoms with Crippen LogP contribution in [-0.2, 0) is 11.3 Å². The van der Waals surface area contributed by atoms with E-state index in [1.807, 2.05) is 17.5 Å². The summed E-state index contributed by atoms with van der Waals surface area (Å²) >= 11 is 4.70. The molecular weight excluding hydrogens is 406 g/mol. The Morgan fingerprint density at radius 2 is 2.08 bits per heavy atom. The fourth-order valence-electron chi connectivity index (χ4n) is 2.38. The second-order valence-electron chi connectivity index (χ2n) is 5.56. The smallest absolute Gasteiger partial charge is 0.268 e. The molecule has 0 saturated heterocycles. The summed E-state index contributed by atoms with van der Waals surface area (Å²) in [5.74, 6) is 0.863. The zero-order valence-electron chi connectivity index (χ0n) is 13.7. The van der Waals surface area contributed by atoms with Crippen LogP contribution in [0.2, 0.25) is 0 Å². The van der Waals surface area contributed by atoms with Crippen LogP contribution in [0.5, 0.6) is 5.75 Å². The molecule has 8 heteroatoms. The number of halogens is 1. The quantitative estimate of drug-likeness (QED) is 0.686. The van der Waals surface area contributed by atoms with Gasteiger partial charge in [0.05, 0.1) is 12.1 Å². The van der Waals surface area contributed by atoms with E-state index in [0.29, 0.717) is 21.8 Å². The second kappa shape index (κ2) is 7.37. The third-order valence-corrected chi connectivity index (χ3v) is 5.03. The summed E-state index contributed by atoms with van der Waals surface area (Å²) in [4.78, 5) is 33.1. The Hall–Kier alpha value is -2.19. The number of nitrogens with one attached hydrogen (secondary N) is 1. The third-order valence-electron chi connectivity index (χ3n) is 3.60. The minimum Gasteiger partial charge on any atom is -0.481 e. The molecule has 1 atom stereocenters. The van der Waals surface area contributed by atoms with Gasteiger partial charge in [-0.1, -0.05) is 15.9 Å². The van der Waals surface area contributed by atoms with Gasteiger partial charge in [0.25, 0.3) is 11.5 Å². The molecule has 0 spiro atoms. The Kier molecular flexibility index (Phi) is 5.19. The number of thiophene rings is 1. The van der Waals surface area contributed by atoms with Crippen LogP contribution < -0.4 is 10.3 Å². The van der Waals surface area contributed by atoms with Gasteiger partial charge in [0.15, 0.2) is 6.10 Å². The number of rotatable bonds is 5. The minimum absolute atomic E-state index is 0.185. The van der Waals surface area contributed by atoms with Crippen molar-refractivity contribution < 1.29 is 9.53 Å². The van der Waals surface area contributed by atoms with Gasteiger partial charge in [0.1, 0.15) is 16.3 Å². The van der Waals surface area contributed by atoms with Crippen molar-refractivity contribution in [3.63, 3.8) is 0 Å². The molecule has 3 aromatic rings. The first kappa shape index (κ1) is 17.6. The molecule has 2 aromatic heterocycles. The van der Waals surface area contributed by atoms with Gasteiger partial charge in [-0.2, -0.15) is 0 Å². The van der Waals surface area contributed by atoms with E-state index >= 15 is 0 Å². The maximum Gasteiger partial charge on any atom is 0.268 e. The molecule has 2 heterocycles. The molecule has 0 aliphatic rings. The molecule has 0 bridgehead atoms. The largest absolute Gasteiger partial charge is 0.481 e. The van der Waals surface area contributed by atoms with Gasteiger partial charge in [0.2, 0.25) is 0 Å². The fraction of sp³-hybridized carbons (Fsp3) is 0.235. The van der Waals surface area contributed by atoms with Crippen LogP contribution in [0.1, 0.15) is 12.7 Å². The summed E-state index contributed by atoms with van der Waals surface area (Å²) in [7, 11) is 1.65. The van der Waals surface area contributed by atoms with E-state index < -0.39 is 6.10 Å². The number of ether oxygens (including phenoxy) is 1. The van der Waals surface area contributed by atoms with Crippen LogP contribution in [0.4, 0.5) is 0 Å². The standard InChI is InChI=1S/C17H16BrN3O3S/c1-10(24-12-5-3-11(18)4-6-12)17(23)21(2)9-14-19-13-7-8-25-15(13)16(22)20-14/h3-8,10H,9H2,1-2H3,(H,19,20,22). The Morgan fingerprint density at radius 1 is 1.36 bits per heavy atom. The number of aromatic amines is 1. The van der Waals surface area contributed by atoms with Gasteiger partial charge in [-0.25, -0.2) is 4.98 Å². The molecule has 6 nitrogen and oxygen atoms in total. The number of amides is 1. The van der Waals surface area contributed by atoms with Gasteiger partial charge < -0.3 is 14.6 Å². The summed E-state index contributed by atoms with van der Waals surface area (Å²) in [6.45, 7) is 1.90. The summed E-state index contributed by atoms with van der Waals surface area (Å²) in [5, 5.41) is 1.82. The fourth-order valence-corrected chi connectivity index (χ4v) is 3.37. The van der Waals surface area contributed by atoms with Crippen molar-refractivity contribution in [2.75, 3.05) is 7.05 Å². The maximum absolute atomic E-state index is 12.5. The monoisotopic (exact) mass is 421 g/mol. The normalized spacial score (nSPS) is 12.1. The molecular formula is C17H16BrN3O3S. The number of aromatic nitrogens is 2. The minimum atomic E-state index is -0.650. The molecule has 3 rings (SSSR count). The van der Waals surface area contributed by atoms with Gasteiger partial charge in [-0.3, -0.25) is 9.59 Å². The number of hydrogen-bond acceptors (Lipinski definition) is 5. The molecule has 0 saturated carbocycles. The van der Waals surface area contributed by atoms with Crippen molar-refractivity contribution in [1.82, 2.24) is 14.9 Å². The van der Waals surface area contributed by atoms with E-state index in [0.717, 1.165) is 4.47 Å². The number of carbonyl (C=O) groups is 1. The SMILES string of the molecule is CC(Oc1ccc(Br)cc1)C(=O)N(C)Cc1nc2ccsc2c(=O)[nH]1. The van der Waals surface area contributed by atoms with Crippen LogP contribution in [-0.4, -0.2) is 33.9 Å². The molecule has 1 unspecified atom stereocenters. The third kappa shape index (κ3) is 4.08. The van der Waals surface area contributed by atoms with E-state index in [1.165, 1.54) is 16.2 Å². The molecule has 1 N–H and O–H groups in total. The summed E-state index contributed by atoms with van der Waals surface area (Å²) in [6.07, 6.45) is -0.650. The number of likely N-dealkylation sites (N-methyl/N-ethyl adjacent to an activating group) is 1. The average molecular weight is 422 g/mol. The molecule has 0 radical (unpaired) electrons. The Balaban J connectivity index is 1.68. The Bertz CT molecular complexity index is 952. The number of hydrogen-bond donors (Lipinski definition) is 1. The first-order chi connectivity index (χ1) is 11.9. The molecule has 0 aliphatic carbocycles. The number of nitrogens with zero attached hydrogens (tertiary/aromatic N) is 2. The van der Waals surface area contributed by atoms with Crippen LogP contribution >= 0.6 is 27.3 Å². The lowest BCUT2D eigenvalue weighted by atomic mass is 10.3. The van der Waals surface area contributed by atoms with Crippen LogP contribution in [0.25, 0.3) is 10.2 Å². The highest BCUT2D eigenvalue weighted by atomic mass is 79.9. The van der Waals surface area contributed by atoms with E-state index in [-0.39, 0.29) is 18.0 Å².